The largest absolute Gasteiger partial charge is 0.369 e. The predicted octanol–water partition coefficient (Wildman–Crippen LogP) is 4.40. The Bertz CT molecular complexity index is 964. The fourth-order valence-electron chi connectivity index (χ4n) is 7.70. The molecule has 4 saturated carbocycles. The summed E-state index contributed by atoms with van der Waals surface area (Å²) in [5, 5.41) is 0. The number of primary amides is 1. The minimum absolute atomic E-state index is 0.0582. The van der Waals surface area contributed by atoms with Crippen LogP contribution in [-0.2, 0) is 16.6 Å². The van der Waals surface area contributed by atoms with Crippen molar-refractivity contribution >= 4 is 5.91 Å². The second-order valence-corrected chi connectivity index (χ2v) is 9.39. The average molecular weight is 355 g/mol. The Balaban J connectivity index is 1.39. The maximum atomic E-state index is 12.5. The SMILES string of the molecule is NC(=O)C12CC3/C(=C/Cc4ccccc4)C4CC(c5ccccc5)(C1)C34C2. The van der Waals surface area contributed by atoms with Gasteiger partial charge in [0.05, 0.1) is 5.41 Å². The molecule has 1 spiro atoms. The third kappa shape index (κ3) is 1.66. The zero-order valence-corrected chi connectivity index (χ0v) is 15.5. The first-order chi connectivity index (χ1) is 13.1. The predicted molar refractivity (Wildman–Crippen MR) is 106 cm³/mol. The van der Waals surface area contributed by atoms with Gasteiger partial charge in [0.1, 0.15) is 0 Å². The molecule has 1 amide bonds. The molecule has 2 aromatic carbocycles. The molecule has 6 rings (SSSR count). The molecule has 5 atom stereocenters. The summed E-state index contributed by atoms with van der Waals surface area (Å²) in [6.45, 7) is 0. The number of fused-ring (bicyclic) bond motifs is 1. The van der Waals surface area contributed by atoms with E-state index in [1.165, 1.54) is 17.5 Å². The van der Waals surface area contributed by atoms with Gasteiger partial charge in [-0.1, -0.05) is 72.3 Å². The number of rotatable bonds is 4. The Morgan fingerprint density at radius 2 is 1.63 bits per heavy atom. The van der Waals surface area contributed by atoms with Gasteiger partial charge >= 0.3 is 0 Å². The molecule has 0 aliphatic heterocycles. The lowest BCUT2D eigenvalue weighted by atomic mass is 9.29. The van der Waals surface area contributed by atoms with Crippen LogP contribution in [0, 0.1) is 22.7 Å². The van der Waals surface area contributed by atoms with Crippen LogP contribution in [0.2, 0.25) is 0 Å². The Kier molecular flexibility index (Phi) is 2.86. The zero-order chi connectivity index (χ0) is 18.3. The van der Waals surface area contributed by atoms with Gasteiger partial charge in [-0.3, -0.25) is 4.79 Å². The summed E-state index contributed by atoms with van der Waals surface area (Å²) in [5.74, 6) is 1.16. The number of benzene rings is 2. The zero-order valence-electron chi connectivity index (χ0n) is 15.5. The van der Waals surface area contributed by atoms with Gasteiger partial charge in [0.25, 0.3) is 0 Å². The molecule has 2 bridgehead atoms. The van der Waals surface area contributed by atoms with E-state index in [4.69, 9.17) is 5.73 Å². The van der Waals surface area contributed by atoms with Gasteiger partial charge in [0, 0.05) is 5.41 Å². The van der Waals surface area contributed by atoms with Gasteiger partial charge in [-0.25, -0.2) is 0 Å². The highest BCUT2D eigenvalue weighted by Crippen LogP contribution is 2.90. The minimum Gasteiger partial charge on any atom is -0.369 e. The molecular formula is C25H25NO. The molecule has 0 radical (unpaired) electrons. The monoisotopic (exact) mass is 355 g/mol. The summed E-state index contributed by atoms with van der Waals surface area (Å²) >= 11 is 0. The normalized spacial score (nSPS) is 41.7. The third-order valence-electron chi connectivity index (χ3n) is 8.62. The number of carbonyl (C=O) groups excluding carboxylic acids is 1. The van der Waals surface area contributed by atoms with Crippen LogP contribution in [-0.4, -0.2) is 5.91 Å². The molecule has 2 N–H and O–H groups in total. The summed E-state index contributed by atoms with van der Waals surface area (Å²) in [5.41, 5.74) is 10.6. The maximum absolute atomic E-state index is 12.5. The second kappa shape index (κ2) is 4.92. The van der Waals surface area contributed by atoms with E-state index < -0.39 is 0 Å². The quantitative estimate of drug-likeness (QED) is 0.812. The van der Waals surface area contributed by atoms with Gasteiger partial charge in [0.15, 0.2) is 0 Å². The molecule has 2 aromatic rings. The molecule has 2 nitrogen and oxygen atoms in total. The first-order valence-corrected chi connectivity index (χ1v) is 10.2. The lowest BCUT2D eigenvalue weighted by molar-refractivity contribution is -0.151. The lowest BCUT2D eigenvalue weighted by Gasteiger charge is -2.74. The fourth-order valence-corrected chi connectivity index (χ4v) is 7.70. The molecule has 4 fully saturated rings. The molecule has 5 unspecified atom stereocenters. The Hall–Kier alpha value is -2.35. The molecule has 4 aliphatic carbocycles. The summed E-state index contributed by atoms with van der Waals surface area (Å²) < 4.78 is 0. The van der Waals surface area contributed by atoms with E-state index in [0.717, 1.165) is 25.7 Å². The van der Waals surface area contributed by atoms with Gasteiger partial charge in [-0.2, -0.15) is 0 Å². The van der Waals surface area contributed by atoms with Gasteiger partial charge in [0.2, 0.25) is 5.91 Å². The van der Waals surface area contributed by atoms with Crippen LogP contribution in [0.15, 0.2) is 72.3 Å². The van der Waals surface area contributed by atoms with Crippen molar-refractivity contribution in [2.24, 2.45) is 28.4 Å². The van der Waals surface area contributed by atoms with Crippen molar-refractivity contribution in [1.29, 1.82) is 0 Å². The Morgan fingerprint density at radius 3 is 2.33 bits per heavy atom. The van der Waals surface area contributed by atoms with E-state index in [1.54, 1.807) is 5.57 Å². The van der Waals surface area contributed by atoms with Crippen molar-refractivity contribution in [1.82, 2.24) is 0 Å². The van der Waals surface area contributed by atoms with Crippen LogP contribution in [0.25, 0.3) is 0 Å². The van der Waals surface area contributed by atoms with E-state index in [9.17, 15) is 4.79 Å². The van der Waals surface area contributed by atoms with E-state index in [1.807, 2.05) is 0 Å². The van der Waals surface area contributed by atoms with Crippen molar-refractivity contribution < 1.29 is 4.79 Å². The smallest absolute Gasteiger partial charge is 0.223 e. The van der Waals surface area contributed by atoms with Crippen molar-refractivity contribution in [3.05, 3.63) is 83.4 Å². The standard InChI is InChI=1S/C25H25NO/c26-22(27)23-13-20-19(12-11-17-7-3-1-4-8-17)21-14-24(15-23,25(20,21)16-23)18-9-5-2-6-10-18/h1-10,12,20-21H,11,13-16H2,(H2,26,27)/b19-12-. The molecule has 4 aliphatic rings. The highest BCUT2D eigenvalue weighted by molar-refractivity contribution is 5.84. The summed E-state index contributed by atoms with van der Waals surface area (Å²) in [6, 6.07) is 21.6. The highest BCUT2D eigenvalue weighted by Gasteiger charge is 2.86. The van der Waals surface area contributed by atoms with Crippen molar-refractivity contribution in [3.63, 3.8) is 0 Å². The van der Waals surface area contributed by atoms with Crippen molar-refractivity contribution in [3.8, 4) is 0 Å². The van der Waals surface area contributed by atoms with Crippen molar-refractivity contribution in [2.75, 3.05) is 0 Å². The average Bonchev–Trinajstić information content (AvgIpc) is 3.16. The Labute approximate surface area is 160 Å². The van der Waals surface area contributed by atoms with Crippen LogP contribution in [0.5, 0.6) is 0 Å². The molecule has 0 saturated heterocycles. The second-order valence-electron chi connectivity index (χ2n) is 9.39. The van der Waals surface area contributed by atoms with Crippen LogP contribution < -0.4 is 5.73 Å². The maximum Gasteiger partial charge on any atom is 0.223 e. The molecule has 0 heterocycles. The van der Waals surface area contributed by atoms with Crippen LogP contribution >= 0.6 is 0 Å². The first-order valence-electron chi connectivity index (χ1n) is 10.2. The number of amides is 1. The van der Waals surface area contributed by atoms with Gasteiger partial charge in [-0.15, -0.1) is 0 Å². The minimum atomic E-state index is -0.280. The lowest BCUT2D eigenvalue weighted by Crippen LogP contribution is -2.70. The topological polar surface area (TPSA) is 43.1 Å². The van der Waals surface area contributed by atoms with E-state index in [-0.39, 0.29) is 16.7 Å². The number of allylic oxidation sites excluding steroid dienone is 2. The summed E-state index contributed by atoms with van der Waals surface area (Å²) in [7, 11) is 0. The molecule has 27 heavy (non-hydrogen) atoms. The van der Waals surface area contributed by atoms with Gasteiger partial charge in [-0.05, 0) is 60.5 Å². The van der Waals surface area contributed by atoms with Crippen molar-refractivity contribution in [2.45, 2.75) is 37.5 Å². The summed E-state index contributed by atoms with van der Waals surface area (Å²) in [4.78, 5) is 12.5. The molecule has 2 heteroatoms. The third-order valence-corrected chi connectivity index (χ3v) is 8.62. The molecule has 0 aromatic heterocycles. The van der Waals surface area contributed by atoms with E-state index in [2.05, 4.69) is 66.7 Å². The summed E-state index contributed by atoms with van der Waals surface area (Å²) in [6.07, 6.45) is 7.64. The van der Waals surface area contributed by atoms with Crippen LogP contribution in [0.3, 0.4) is 0 Å². The number of hydrogen-bond donors (Lipinski definition) is 1. The van der Waals surface area contributed by atoms with E-state index in [0.29, 0.717) is 17.3 Å². The highest BCUT2D eigenvalue weighted by atomic mass is 16.1. The number of nitrogens with two attached hydrogens (primary N) is 1. The van der Waals surface area contributed by atoms with Crippen LogP contribution in [0.4, 0.5) is 0 Å². The van der Waals surface area contributed by atoms with Gasteiger partial charge < -0.3 is 5.73 Å². The van der Waals surface area contributed by atoms with Crippen LogP contribution in [0.1, 0.15) is 36.8 Å². The molecular weight excluding hydrogens is 330 g/mol. The van der Waals surface area contributed by atoms with E-state index >= 15 is 0 Å². The number of hydrogen-bond acceptors (Lipinski definition) is 1. The number of carbonyl (C=O) groups is 1. The molecule has 136 valence electrons. The first kappa shape index (κ1) is 15.7. The Morgan fingerprint density at radius 1 is 0.963 bits per heavy atom. The fraction of sp³-hybridized carbons (Fsp3) is 0.400.